The Morgan fingerprint density at radius 1 is 0.238 bits per heavy atom. The van der Waals surface area contributed by atoms with E-state index in [9.17, 15) is 0 Å². The zero-order chi connectivity index (χ0) is 81.0. The molecule has 2 aromatic heterocycles. The second-order valence-corrected chi connectivity index (χ2v) is 32.3. The number of hydrogen-bond donors (Lipinski definition) is 1. The zero-order valence-electron chi connectivity index (χ0n) is 66.0. The first-order chi connectivity index (χ1) is 59.9. The van der Waals surface area contributed by atoms with Crippen molar-refractivity contribution in [2.45, 2.75) is 18.3 Å². The van der Waals surface area contributed by atoms with Crippen LogP contribution in [0.1, 0.15) is 53.4 Å². The van der Waals surface area contributed by atoms with Gasteiger partial charge in [-0.25, -0.2) is 0 Å². The summed E-state index contributed by atoms with van der Waals surface area (Å²) in [6.45, 7) is 0. The van der Waals surface area contributed by atoms with Crippen LogP contribution in [0, 0.1) is 3.57 Å². The van der Waals surface area contributed by atoms with Crippen LogP contribution in [0.25, 0.3) is 131 Å². The predicted molar refractivity (Wildman–Crippen MR) is 527 cm³/mol. The number of rotatable bonds is 11. The monoisotopic (exact) mass is 1670 g/mol. The van der Waals surface area contributed by atoms with Crippen LogP contribution in [0.3, 0.4) is 0 Å². The zero-order valence-corrected chi connectivity index (χ0v) is 68.2. The molecule has 0 saturated carbocycles. The number of nitrogens with zero attached hydrogens (tertiary/aromatic N) is 1. The molecule has 4 nitrogen and oxygen atoms in total. The number of nitrogens with one attached hydrogen (secondary N) is 1. The molecule has 2 aliphatic rings. The van der Waals surface area contributed by atoms with Crippen molar-refractivity contribution in [3.63, 3.8) is 0 Å². The third kappa shape index (κ3) is 13.2. The van der Waals surface area contributed by atoms with Crippen molar-refractivity contribution < 1.29 is 10.3 Å². The lowest BCUT2D eigenvalue weighted by Crippen LogP contribution is -2.28. The third-order valence-electron chi connectivity index (χ3n) is 24.6. The molecule has 1 N–H and O–H groups in total. The van der Waals surface area contributed by atoms with E-state index in [1.807, 2.05) is 24.3 Å². The van der Waals surface area contributed by atoms with E-state index < -0.39 is 10.8 Å². The highest BCUT2D eigenvalue weighted by Crippen LogP contribution is 2.59. The number of benzene rings is 20. The van der Waals surface area contributed by atoms with Crippen molar-refractivity contribution in [3.05, 3.63) is 497 Å². The topological polar surface area (TPSA) is 41.6 Å². The van der Waals surface area contributed by atoms with Crippen LogP contribution in [0.15, 0.2) is 458 Å². The van der Waals surface area contributed by atoms with E-state index in [1.165, 1.54) is 125 Å². The quantitative estimate of drug-likeness (QED) is 0.0796. The minimum absolute atomic E-state index is 0. The molecule has 0 amide bonds. The van der Waals surface area contributed by atoms with Gasteiger partial charge in [0.05, 0.1) is 10.8 Å². The Labute approximate surface area is 728 Å². The summed E-state index contributed by atoms with van der Waals surface area (Å²) < 4.78 is 13.5. The smallest absolute Gasteiger partial charge is 0.135 e. The first-order valence-corrected chi connectivity index (χ1v) is 42.1. The Kier molecular flexibility index (Phi) is 20.2. The second-order valence-electron chi connectivity index (χ2n) is 31.1. The molecule has 0 atom stereocenters. The van der Waals surface area contributed by atoms with E-state index in [2.05, 4.69) is 473 Å². The molecular weight excluding hydrogens is 1590 g/mol. The normalized spacial score (nSPS) is 12.4. The molecule has 20 aromatic carbocycles. The van der Waals surface area contributed by atoms with E-state index in [4.69, 9.17) is 8.83 Å². The molecule has 0 spiro atoms. The lowest BCUT2D eigenvalue weighted by atomic mass is 9.67. The van der Waals surface area contributed by atoms with Gasteiger partial charge in [0.2, 0.25) is 0 Å². The van der Waals surface area contributed by atoms with Crippen LogP contribution in [-0.2, 0) is 10.8 Å². The van der Waals surface area contributed by atoms with E-state index >= 15 is 0 Å². The molecule has 0 unspecified atom stereocenters. The maximum absolute atomic E-state index is 6.16. The van der Waals surface area contributed by atoms with Crippen LogP contribution < -0.4 is 10.2 Å². The summed E-state index contributed by atoms with van der Waals surface area (Å²) in [4.78, 5) is 2.43. The maximum Gasteiger partial charge on any atom is 0.135 e. The molecular formula is C115H81B2IN2O2. The summed E-state index contributed by atoms with van der Waals surface area (Å²) >= 11 is 2.35. The standard InChI is InChI=1S/C57H37NO.C43H29NO.C14H9I.CH4.B2.H2/c1-3-14-42(15-4-1)57(43-16-5-2-6-17-43)53-21-11-9-19-49(53)50-33-31-46(37-54(50)57)58(45-30-32-48-41(35-45)24-23-39-13-7-8-18-47(39)48)44-28-25-38(26-29-44)40-27-34-56-52(36-40)51-20-10-12-22-55(51)59-56;1-3-11-31(12-4-1)43(32-13-5-2-6-14-32)39-17-9-7-15-35(39)36-25-24-34(28-40(36)43)44-33-22-19-29(20-23-33)30-21-26-42-38(27-30)37-16-8-10-18-41(37)45-42;15-12-7-8-14-11(9-12)6-5-10-3-1-2-4-13(10)14;;1-2;/h1-37H;1-28,44H;1-9H;1H4;;1H. The van der Waals surface area contributed by atoms with Crippen LogP contribution in [0.4, 0.5) is 28.4 Å². The van der Waals surface area contributed by atoms with Crippen LogP contribution in [0.5, 0.6) is 0 Å². The maximum atomic E-state index is 6.16. The minimum atomic E-state index is -0.502. The molecule has 24 rings (SSSR count). The van der Waals surface area contributed by atoms with Crippen molar-refractivity contribution in [1.29, 1.82) is 0 Å². The Hall–Kier alpha value is -14.5. The summed E-state index contributed by atoms with van der Waals surface area (Å²) in [5.74, 6) is 0. The number of para-hydroxylation sites is 2. The molecule has 7 heteroatoms. The van der Waals surface area contributed by atoms with Crippen molar-refractivity contribution in [2.24, 2.45) is 0 Å². The van der Waals surface area contributed by atoms with Gasteiger partial charge in [0.15, 0.2) is 0 Å². The second kappa shape index (κ2) is 32.3. The fourth-order valence-electron chi connectivity index (χ4n) is 19.2. The number of fused-ring (bicyclic) bond motifs is 18. The number of halogens is 1. The molecule has 2 aliphatic carbocycles. The van der Waals surface area contributed by atoms with Gasteiger partial charge in [0.25, 0.3) is 0 Å². The lowest BCUT2D eigenvalue weighted by Gasteiger charge is -2.35. The minimum Gasteiger partial charge on any atom is -0.456 e. The molecule has 576 valence electrons. The molecule has 2 heterocycles. The number of anilines is 5. The molecule has 0 aliphatic heterocycles. The van der Waals surface area contributed by atoms with E-state index in [-0.39, 0.29) is 8.85 Å². The van der Waals surface area contributed by atoms with Gasteiger partial charge in [-0.15, -0.1) is 0 Å². The van der Waals surface area contributed by atoms with Crippen LogP contribution in [0.2, 0.25) is 0 Å². The van der Waals surface area contributed by atoms with Gasteiger partial charge in [0, 0.05) is 70.5 Å². The summed E-state index contributed by atoms with van der Waals surface area (Å²) in [6.07, 6.45) is 0. The average Bonchev–Trinajstić information content (AvgIpc) is 1.54. The summed E-state index contributed by atoms with van der Waals surface area (Å²) in [5.41, 5.74) is 28.2. The van der Waals surface area contributed by atoms with Crippen molar-refractivity contribution >= 4 is 153 Å². The summed E-state index contributed by atoms with van der Waals surface area (Å²) in [6, 6.07) is 162. The molecule has 0 fully saturated rings. The molecule has 4 radical (unpaired) electrons. The molecule has 22 aromatic rings. The highest BCUT2D eigenvalue weighted by Gasteiger charge is 2.48. The largest absolute Gasteiger partial charge is 0.456 e. The summed E-state index contributed by atoms with van der Waals surface area (Å²) in [5, 5.41) is 18.6. The van der Waals surface area contributed by atoms with Gasteiger partial charge in [-0.1, -0.05) is 347 Å². The predicted octanol–water partition coefficient (Wildman–Crippen LogP) is 31.5. The Morgan fingerprint density at radius 2 is 0.582 bits per heavy atom. The van der Waals surface area contributed by atoms with Gasteiger partial charge in [-0.2, -0.15) is 0 Å². The van der Waals surface area contributed by atoms with Gasteiger partial charge in [-0.3, -0.25) is 0 Å². The van der Waals surface area contributed by atoms with Crippen LogP contribution >= 0.6 is 22.6 Å². The number of hydrogen-bond acceptors (Lipinski definition) is 4. The highest BCUT2D eigenvalue weighted by molar-refractivity contribution is 14.1. The van der Waals surface area contributed by atoms with Crippen LogP contribution in [-0.4, -0.2) is 15.5 Å². The molecule has 0 saturated heterocycles. The van der Waals surface area contributed by atoms with E-state index in [0.717, 1.165) is 83.4 Å². The van der Waals surface area contributed by atoms with Gasteiger partial charge < -0.3 is 19.1 Å². The Balaban J connectivity index is 0.000000137. The van der Waals surface area contributed by atoms with Gasteiger partial charge >= 0.3 is 0 Å². The SMILES string of the molecule is C.Ic1ccc2c(ccc3ccccc32)c1.[B][B].[HH].c1ccc(C2(c3ccccc3)c3ccccc3-c3ccc(N(c4ccc(-c5ccc6oc7ccccc7c6c5)cc4)c4ccc5c(ccc6ccccc65)c4)cc32)cc1.c1ccc(C2(c3ccccc3)c3ccccc3-c3ccc(Nc4ccc(-c5ccc6oc7ccccc7c6c5)cc4)cc32)cc1. The average molecular weight is 1670 g/mol. The molecule has 0 bridgehead atoms. The summed E-state index contributed by atoms with van der Waals surface area (Å²) in [7, 11) is 8.00. The van der Waals surface area contributed by atoms with Crippen molar-refractivity contribution in [3.8, 4) is 44.5 Å². The fourth-order valence-corrected chi connectivity index (χ4v) is 19.7. The third-order valence-corrected chi connectivity index (χ3v) is 25.2. The Bertz CT molecular complexity index is 7590. The first kappa shape index (κ1) is 76.2. The Morgan fingerprint density at radius 3 is 1.09 bits per heavy atom. The fraction of sp³-hybridized carbons (Fsp3) is 0.0261. The van der Waals surface area contributed by atoms with Gasteiger partial charge in [-0.05, 0) is 264 Å². The number of furan rings is 2. The van der Waals surface area contributed by atoms with E-state index in [0.29, 0.717) is 0 Å². The van der Waals surface area contributed by atoms with E-state index in [1.54, 1.807) is 0 Å². The van der Waals surface area contributed by atoms with Crippen molar-refractivity contribution in [1.82, 2.24) is 0 Å². The van der Waals surface area contributed by atoms with Gasteiger partial charge in [0.1, 0.15) is 22.3 Å². The first-order valence-electron chi connectivity index (χ1n) is 41.0. The highest BCUT2D eigenvalue weighted by atomic mass is 127. The lowest BCUT2D eigenvalue weighted by molar-refractivity contribution is 0.668. The van der Waals surface area contributed by atoms with Crippen molar-refractivity contribution in [2.75, 3.05) is 10.2 Å². The molecule has 122 heavy (non-hydrogen) atoms.